The van der Waals surface area contributed by atoms with Crippen LogP contribution in [0.15, 0.2) is 0 Å². The predicted octanol–water partition coefficient (Wildman–Crippen LogP) is -0.0195. The number of nitrogens with one attached hydrogen (secondary N) is 3. The maximum absolute atomic E-state index is 11.8. The van der Waals surface area contributed by atoms with Crippen LogP contribution < -0.4 is 10.6 Å². The van der Waals surface area contributed by atoms with Crippen LogP contribution >= 0.6 is 0 Å². The molecular weight excluding hydrogens is 254 g/mol. The average molecular weight is 279 g/mol. The molecule has 1 amide bonds. The normalized spacial score (nSPS) is 16.3. The van der Waals surface area contributed by atoms with Gasteiger partial charge in [0.25, 0.3) is 0 Å². The van der Waals surface area contributed by atoms with E-state index in [0.29, 0.717) is 12.8 Å². The summed E-state index contributed by atoms with van der Waals surface area (Å²) in [6, 6.07) is 0. The molecule has 0 aliphatic carbocycles. The van der Waals surface area contributed by atoms with Crippen LogP contribution in [0, 0.1) is 13.8 Å². The lowest BCUT2D eigenvalue weighted by Crippen LogP contribution is -2.46. The average Bonchev–Trinajstić information content (AvgIpc) is 2.78. The summed E-state index contributed by atoms with van der Waals surface area (Å²) >= 11 is 0. The number of H-pyrrole nitrogens is 1. The number of amides is 1. The Hall–Kier alpha value is -1.40. The molecule has 0 saturated carbocycles. The van der Waals surface area contributed by atoms with Gasteiger partial charge in [-0.05, 0) is 19.4 Å². The number of hydrogen-bond acceptors (Lipinski definition) is 4. The number of hydrogen-bond donors (Lipinski definition) is 3. The zero-order chi connectivity index (χ0) is 14.4. The van der Waals surface area contributed by atoms with Crippen LogP contribution in [0.5, 0.6) is 0 Å². The van der Waals surface area contributed by atoms with Gasteiger partial charge < -0.3 is 10.6 Å². The van der Waals surface area contributed by atoms with Crippen molar-refractivity contribution in [2.45, 2.75) is 26.7 Å². The van der Waals surface area contributed by atoms with Crippen molar-refractivity contribution in [3.63, 3.8) is 0 Å². The lowest BCUT2D eigenvalue weighted by molar-refractivity contribution is -0.121. The molecule has 1 fully saturated rings. The Labute approximate surface area is 120 Å². The number of piperazine rings is 1. The Morgan fingerprint density at radius 2 is 2.10 bits per heavy atom. The number of rotatable bonds is 6. The highest BCUT2D eigenvalue weighted by Crippen LogP contribution is 2.10. The van der Waals surface area contributed by atoms with Gasteiger partial charge in [-0.15, -0.1) is 0 Å². The number of carbonyl (C=O) groups is 1. The first-order valence-electron chi connectivity index (χ1n) is 7.37. The summed E-state index contributed by atoms with van der Waals surface area (Å²) in [4.78, 5) is 14.2. The highest BCUT2D eigenvalue weighted by atomic mass is 16.1. The highest BCUT2D eigenvalue weighted by Gasteiger charge is 2.10. The van der Waals surface area contributed by atoms with Crippen molar-refractivity contribution in [3.05, 3.63) is 17.0 Å². The van der Waals surface area contributed by atoms with Crippen molar-refractivity contribution in [2.24, 2.45) is 0 Å². The molecule has 6 nitrogen and oxygen atoms in total. The largest absolute Gasteiger partial charge is 0.355 e. The Morgan fingerprint density at radius 1 is 1.35 bits per heavy atom. The Bertz CT molecular complexity index is 437. The van der Waals surface area contributed by atoms with Crippen molar-refractivity contribution in [2.75, 3.05) is 39.3 Å². The van der Waals surface area contributed by atoms with E-state index in [9.17, 15) is 4.79 Å². The predicted molar refractivity (Wildman–Crippen MR) is 78.7 cm³/mol. The zero-order valence-electron chi connectivity index (χ0n) is 12.5. The highest BCUT2D eigenvalue weighted by molar-refractivity contribution is 5.76. The van der Waals surface area contributed by atoms with E-state index in [1.165, 1.54) is 5.56 Å². The fourth-order valence-electron chi connectivity index (χ4n) is 2.39. The molecule has 112 valence electrons. The summed E-state index contributed by atoms with van der Waals surface area (Å²) in [7, 11) is 0. The molecule has 2 heterocycles. The molecule has 1 aromatic rings. The molecule has 1 aromatic heterocycles. The molecule has 0 atom stereocenters. The van der Waals surface area contributed by atoms with E-state index < -0.39 is 0 Å². The zero-order valence-corrected chi connectivity index (χ0v) is 12.5. The lowest BCUT2D eigenvalue weighted by Gasteiger charge is -2.27. The third-order valence-electron chi connectivity index (χ3n) is 3.90. The molecule has 2 rings (SSSR count). The van der Waals surface area contributed by atoms with Crippen molar-refractivity contribution in [3.8, 4) is 0 Å². The third kappa shape index (κ3) is 4.31. The van der Waals surface area contributed by atoms with Crippen molar-refractivity contribution < 1.29 is 4.79 Å². The fraction of sp³-hybridized carbons (Fsp3) is 0.714. The van der Waals surface area contributed by atoms with Gasteiger partial charge >= 0.3 is 0 Å². The van der Waals surface area contributed by atoms with Gasteiger partial charge in [0.05, 0.1) is 5.69 Å². The van der Waals surface area contributed by atoms with E-state index in [0.717, 1.165) is 50.7 Å². The van der Waals surface area contributed by atoms with Crippen LogP contribution in [0.3, 0.4) is 0 Å². The first-order valence-corrected chi connectivity index (χ1v) is 7.37. The van der Waals surface area contributed by atoms with Crippen molar-refractivity contribution in [1.29, 1.82) is 0 Å². The summed E-state index contributed by atoms with van der Waals surface area (Å²) in [6.07, 6.45) is 1.21. The first kappa shape index (κ1) is 15.0. The molecule has 20 heavy (non-hydrogen) atoms. The van der Waals surface area contributed by atoms with E-state index in [4.69, 9.17) is 0 Å². The van der Waals surface area contributed by atoms with Crippen molar-refractivity contribution >= 4 is 5.91 Å². The molecule has 1 aliphatic rings. The van der Waals surface area contributed by atoms with E-state index in [1.54, 1.807) is 0 Å². The Morgan fingerprint density at radius 3 is 2.75 bits per heavy atom. The molecule has 1 saturated heterocycles. The first-order chi connectivity index (χ1) is 9.66. The van der Waals surface area contributed by atoms with E-state index >= 15 is 0 Å². The SMILES string of the molecule is Cc1[nH]nc(CCC(=O)NCCN2CCNCC2)c1C. The molecule has 6 heteroatoms. The van der Waals surface area contributed by atoms with Gasteiger partial charge in [-0.1, -0.05) is 0 Å². The van der Waals surface area contributed by atoms with Crippen LogP contribution in [0.4, 0.5) is 0 Å². The minimum atomic E-state index is 0.111. The second-order valence-electron chi connectivity index (χ2n) is 5.36. The van der Waals surface area contributed by atoms with Crippen LogP contribution in [0.25, 0.3) is 0 Å². The number of nitrogens with zero attached hydrogens (tertiary/aromatic N) is 2. The second-order valence-corrected chi connectivity index (χ2v) is 5.36. The van der Waals surface area contributed by atoms with Gasteiger partial charge in [-0.2, -0.15) is 5.10 Å². The minimum absolute atomic E-state index is 0.111. The van der Waals surface area contributed by atoms with E-state index in [-0.39, 0.29) is 5.91 Å². The molecule has 0 unspecified atom stereocenters. The van der Waals surface area contributed by atoms with Crippen molar-refractivity contribution in [1.82, 2.24) is 25.7 Å². The van der Waals surface area contributed by atoms with Gasteiger partial charge in [0.1, 0.15) is 0 Å². The quantitative estimate of drug-likeness (QED) is 0.684. The molecular formula is C14H25N5O. The summed E-state index contributed by atoms with van der Waals surface area (Å²) in [5.41, 5.74) is 3.25. The van der Waals surface area contributed by atoms with Gasteiger partial charge in [-0.25, -0.2) is 0 Å². The maximum atomic E-state index is 11.8. The van der Waals surface area contributed by atoms with Gasteiger partial charge in [0.15, 0.2) is 0 Å². The summed E-state index contributed by atoms with van der Waals surface area (Å²) in [5.74, 6) is 0.111. The minimum Gasteiger partial charge on any atom is -0.355 e. The lowest BCUT2D eigenvalue weighted by atomic mass is 10.1. The summed E-state index contributed by atoms with van der Waals surface area (Å²) in [6.45, 7) is 9.95. The van der Waals surface area contributed by atoms with Crippen LogP contribution in [0.1, 0.15) is 23.4 Å². The van der Waals surface area contributed by atoms with Gasteiger partial charge in [-0.3, -0.25) is 14.8 Å². The summed E-state index contributed by atoms with van der Waals surface area (Å²) < 4.78 is 0. The molecule has 0 bridgehead atoms. The van der Waals surface area contributed by atoms with Gasteiger partial charge in [0, 0.05) is 57.8 Å². The van der Waals surface area contributed by atoms with E-state index in [2.05, 4.69) is 25.7 Å². The molecule has 0 aromatic carbocycles. The molecule has 0 radical (unpaired) electrons. The summed E-state index contributed by atoms with van der Waals surface area (Å²) in [5, 5.41) is 13.5. The van der Waals surface area contributed by atoms with Crippen LogP contribution in [-0.4, -0.2) is 60.3 Å². The van der Waals surface area contributed by atoms with E-state index in [1.807, 2.05) is 13.8 Å². The monoisotopic (exact) mass is 279 g/mol. The number of carbonyl (C=O) groups excluding carboxylic acids is 1. The molecule has 3 N–H and O–H groups in total. The fourth-order valence-corrected chi connectivity index (χ4v) is 2.39. The Kier molecular flexibility index (Phi) is 5.55. The molecule has 0 spiro atoms. The van der Waals surface area contributed by atoms with Gasteiger partial charge in [0.2, 0.25) is 5.91 Å². The maximum Gasteiger partial charge on any atom is 0.220 e. The standard InChI is InChI=1S/C14H25N5O/c1-11-12(2)17-18-13(11)3-4-14(20)16-7-10-19-8-5-15-6-9-19/h15H,3-10H2,1-2H3,(H,16,20)(H,17,18). The number of aryl methyl sites for hydroxylation is 2. The number of aromatic nitrogens is 2. The number of aromatic amines is 1. The second kappa shape index (κ2) is 7.40. The van der Waals surface area contributed by atoms with Crippen LogP contribution in [0.2, 0.25) is 0 Å². The topological polar surface area (TPSA) is 73.0 Å². The smallest absolute Gasteiger partial charge is 0.220 e. The third-order valence-corrected chi connectivity index (χ3v) is 3.90. The Balaban J connectivity index is 1.61. The van der Waals surface area contributed by atoms with Crippen LogP contribution in [-0.2, 0) is 11.2 Å². The molecule has 1 aliphatic heterocycles.